The van der Waals surface area contributed by atoms with Gasteiger partial charge in [0.25, 0.3) is 5.91 Å². The van der Waals surface area contributed by atoms with E-state index in [4.69, 9.17) is 9.47 Å². The number of rotatable bonds is 7. The molecule has 5 atom stereocenters. The first kappa shape index (κ1) is 30.8. The Labute approximate surface area is 273 Å². The number of aliphatic hydroxyl groups is 1. The number of aryl methyl sites for hydroxylation is 2. The molecule has 1 saturated heterocycles. The standard InChI is InChI=1S/C40H46N2O4/c1-26(2)25-42(35(43)16-13-30-12-11-27(3)28(4)23-30)32-17-19-40(44)34-24-31-14-15-33(45-5)37-36(31)39(40,38(32)46-37)20-22-41(34)21-18-29-9-7-6-8-10-29/h6-12,14-15,23,26,32,34,38,44H,17-22,24-25H2,1-5H3/t32-,34-,38+,39+,40-/m1/s1. The minimum Gasteiger partial charge on any atom is -0.493 e. The Morgan fingerprint density at radius 3 is 2.65 bits per heavy atom. The molecule has 1 saturated carbocycles. The average Bonchev–Trinajstić information content (AvgIpc) is 3.40. The third kappa shape index (κ3) is 4.82. The van der Waals surface area contributed by atoms with Crippen LogP contribution in [0.5, 0.6) is 11.5 Å². The first-order valence-electron chi connectivity index (χ1n) is 16.9. The zero-order valence-corrected chi connectivity index (χ0v) is 27.8. The van der Waals surface area contributed by atoms with Crippen LogP contribution in [0.4, 0.5) is 0 Å². The normalized spacial score (nSPS) is 27.3. The van der Waals surface area contributed by atoms with Gasteiger partial charge in [-0.25, -0.2) is 0 Å². The van der Waals surface area contributed by atoms with Crippen molar-refractivity contribution in [2.75, 3.05) is 26.7 Å². The predicted octanol–water partition coefficient (Wildman–Crippen LogP) is 5.61. The fourth-order valence-electron chi connectivity index (χ4n) is 9.04. The van der Waals surface area contributed by atoms with Gasteiger partial charge < -0.3 is 19.5 Å². The van der Waals surface area contributed by atoms with Crippen LogP contribution < -0.4 is 9.47 Å². The number of carbonyl (C=O) groups is 1. The number of likely N-dealkylation sites (tertiary alicyclic amines) is 1. The maximum atomic E-state index is 14.1. The highest BCUT2D eigenvalue weighted by Gasteiger charge is 2.73. The van der Waals surface area contributed by atoms with Gasteiger partial charge in [-0.05, 0) is 98.9 Å². The molecule has 240 valence electrons. The van der Waals surface area contributed by atoms with E-state index >= 15 is 0 Å². The Morgan fingerprint density at radius 1 is 1.11 bits per heavy atom. The van der Waals surface area contributed by atoms with Crippen LogP contribution in [0.3, 0.4) is 0 Å². The molecule has 46 heavy (non-hydrogen) atoms. The van der Waals surface area contributed by atoms with E-state index in [9.17, 15) is 9.90 Å². The molecule has 2 fully saturated rings. The minimum atomic E-state index is -0.981. The first-order valence-corrected chi connectivity index (χ1v) is 16.9. The largest absolute Gasteiger partial charge is 0.493 e. The van der Waals surface area contributed by atoms with E-state index in [0.29, 0.717) is 25.1 Å². The zero-order chi connectivity index (χ0) is 32.2. The number of amides is 1. The molecule has 1 N–H and O–H groups in total. The Hall–Kier alpha value is -3.79. The van der Waals surface area contributed by atoms with Crippen molar-refractivity contribution in [3.8, 4) is 23.3 Å². The Bertz CT molecular complexity index is 1710. The lowest BCUT2D eigenvalue weighted by Gasteiger charge is -2.64. The number of carbonyl (C=O) groups excluding carboxylic acids is 1. The monoisotopic (exact) mass is 618 g/mol. The SMILES string of the molecule is COc1ccc2c3c1O[C@H]1[C@H](N(CC(C)C)C(=O)C#Cc4ccc(C)c(C)c4)CC[C@@]4(O)[C@@H](C2)N(CCc2ccccc2)CC[C@]314. The number of nitrogens with zero attached hydrogens (tertiary/aromatic N) is 2. The number of methoxy groups -OCH3 is 1. The molecule has 3 aromatic carbocycles. The third-order valence-electron chi connectivity index (χ3n) is 11.3. The van der Waals surface area contributed by atoms with Gasteiger partial charge in [0, 0.05) is 36.2 Å². The summed E-state index contributed by atoms with van der Waals surface area (Å²) in [6.45, 7) is 10.8. The molecule has 1 amide bonds. The molecular weight excluding hydrogens is 572 g/mol. The summed E-state index contributed by atoms with van der Waals surface area (Å²) in [6, 6.07) is 20.6. The van der Waals surface area contributed by atoms with Gasteiger partial charge in [0.15, 0.2) is 11.5 Å². The molecule has 0 radical (unpaired) electrons. The van der Waals surface area contributed by atoms with E-state index in [1.807, 2.05) is 23.1 Å². The lowest BCUT2D eigenvalue weighted by Crippen LogP contribution is -2.78. The van der Waals surface area contributed by atoms with Crippen LogP contribution in [0.25, 0.3) is 0 Å². The first-order chi connectivity index (χ1) is 22.2. The molecule has 6 nitrogen and oxygen atoms in total. The smallest absolute Gasteiger partial charge is 0.299 e. The van der Waals surface area contributed by atoms with Crippen molar-refractivity contribution in [2.45, 2.75) is 89.0 Å². The summed E-state index contributed by atoms with van der Waals surface area (Å²) >= 11 is 0. The van der Waals surface area contributed by atoms with Crippen molar-refractivity contribution in [3.05, 3.63) is 94.0 Å². The van der Waals surface area contributed by atoms with E-state index in [1.54, 1.807) is 7.11 Å². The number of hydrogen-bond acceptors (Lipinski definition) is 5. The summed E-state index contributed by atoms with van der Waals surface area (Å²) in [6.07, 6.45) is 3.35. The van der Waals surface area contributed by atoms with E-state index in [-0.39, 0.29) is 30.0 Å². The molecule has 4 aliphatic rings. The summed E-state index contributed by atoms with van der Waals surface area (Å²) in [5, 5.41) is 13.1. The van der Waals surface area contributed by atoms with Crippen molar-refractivity contribution >= 4 is 5.91 Å². The fourth-order valence-corrected chi connectivity index (χ4v) is 9.04. The van der Waals surface area contributed by atoms with Gasteiger partial charge in [0.2, 0.25) is 0 Å². The Balaban J connectivity index is 1.26. The summed E-state index contributed by atoms with van der Waals surface area (Å²) in [5.74, 6) is 7.67. The van der Waals surface area contributed by atoms with E-state index < -0.39 is 11.0 Å². The second kappa shape index (κ2) is 11.8. The average molecular weight is 619 g/mol. The molecule has 0 aromatic heterocycles. The Morgan fingerprint density at radius 2 is 1.91 bits per heavy atom. The zero-order valence-electron chi connectivity index (χ0n) is 27.8. The lowest BCUT2D eigenvalue weighted by atomic mass is 9.48. The van der Waals surface area contributed by atoms with Gasteiger partial charge in [-0.15, -0.1) is 0 Å². The van der Waals surface area contributed by atoms with E-state index in [2.05, 4.69) is 86.9 Å². The maximum absolute atomic E-state index is 14.1. The van der Waals surface area contributed by atoms with E-state index in [1.165, 1.54) is 16.7 Å². The topological polar surface area (TPSA) is 62.2 Å². The van der Waals surface area contributed by atoms with Crippen LogP contribution in [0.2, 0.25) is 0 Å². The second-order valence-corrected chi connectivity index (χ2v) is 14.3. The fraction of sp³-hybridized carbons (Fsp3) is 0.475. The third-order valence-corrected chi connectivity index (χ3v) is 11.3. The van der Waals surface area contributed by atoms with Crippen LogP contribution >= 0.6 is 0 Å². The van der Waals surface area contributed by atoms with Crippen LogP contribution in [-0.2, 0) is 23.1 Å². The van der Waals surface area contributed by atoms with Crippen molar-refractivity contribution < 1.29 is 19.4 Å². The van der Waals surface area contributed by atoms with Gasteiger partial charge in [-0.2, -0.15) is 0 Å². The molecule has 7 rings (SSSR count). The molecule has 6 heteroatoms. The number of hydrogen-bond donors (Lipinski definition) is 1. The van der Waals surface area contributed by atoms with Crippen LogP contribution in [-0.4, -0.2) is 71.3 Å². The van der Waals surface area contributed by atoms with Gasteiger partial charge in [-0.1, -0.05) is 62.2 Å². The van der Waals surface area contributed by atoms with Crippen molar-refractivity contribution in [1.82, 2.24) is 9.80 Å². The van der Waals surface area contributed by atoms with Crippen molar-refractivity contribution in [2.24, 2.45) is 5.92 Å². The Kier molecular flexibility index (Phi) is 7.90. The summed E-state index contributed by atoms with van der Waals surface area (Å²) in [7, 11) is 1.68. The molecular formula is C40H46N2O4. The van der Waals surface area contributed by atoms with Crippen LogP contribution in [0.15, 0.2) is 60.7 Å². The highest BCUT2D eigenvalue weighted by molar-refractivity contribution is 5.94. The van der Waals surface area contributed by atoms with Crippen molar-refractivity contribution in [3.63, 3.8) is 0 Å². The molecule has 2 aliphatic heterocycles. The van der Waals surface area contributed by atoms with Gasteiger partial charge in [0.1, 0.15) is 6.10 Å². The molecule has 2 bridgehead atoms. The highest BCUT2D eigenvalue weighted by atomic mass is 16.5. The molecule has 2 heterocycles. The second-order valence-electron chi connectivity index (χ2n) is 14.3. The van der Waals surface area contributed by atoms with Crippen LogP contribution in [0.1, 0.15) is 66.5 Å². The van der Waals surface area contributed by atoms with E-state index in [0.717, 1.165) is 54.8 Å². The van der Waals surface area contributed by atoms with Crippen LogP contribution in [0, 0.1) is 31.6 Å². The summed E-state index contributed by atoms with van der Waals surface area (Å²) in [5.41, 5.74) is 5.26. The molecule has 3 aromatic rings. The van der Waals surface area contributed by atoms with Gasteiger partial charge >= 0.3 is 0 Å². The quantitative estimate of drug-likeness (QED) is 0.349. The van der Waals surface area contributed by atoms with Crippen molar-refractivity contribution in [1.29, 1.82) is 0 Å². The van der Waals surface area contributed by atoms with Gasteiger partial charge in [-0.3, -0.25) is 9.69 Å². The molecule has 2 aliphatic carbocycles. The summed E-state index contributed by atoms with van der Waals surface area (Å²) in [4.78, 5) is 18.6. The lowest BCUT2D eigenvalue weighted by molar-refractivity contribution is -0.200. The van der Waals surface area contributed by atoms with Gasteiger partial charge in [0.05, 0.1) is 24.2 Å². The maximum Gasteiger partial charge on any atom is 0.299 e. The minimum absolute atomic E-state index is 0.0253. The predicted molar refractivity (Wildman–Crippen MR) is 180 cm³/mol. The molecule has 0 unspecified atom stereocenters. The highest BCUT2D eigenvalue weighted by Crippen LogP contribution is 2.66. The number of piperidine rings is 1. The number of ether oxygens (including phenoxy) is 2. The number of benzene rings is 3. The summed E-state index contributed by atoms with van der Waals surface area (Å²) < 4.78 is 12.8. The molecule has 1 spiro atoms.